The quantitative estimate of drug-likeness (QED) is 0.857. The van der Waals surface area contributed by atoms with Crippen molar-refractivity contribution in [2.75, 3.05) is 13.1 Å². The van der Waals surface area contributed by atoms with Gasteiger partial charge in [0.15, 0.2) is 12.2 Å². The molecule has 17 heavy (non-hydrogen) atoms. The highest BCUT2D eigenvalue weighted by molar-refractivity contribution is 5.55. The number of hydrogen-bond acceptors (Lipinski definition) is 4. The summed E-state index contributed by atoms with van der Waals surface area (Å²) in [5.74, 6) is 1.32. The van der Waals surface area contributed by atoms with Crippen molar-refractivity contribution in [3.8, 4) is 11.5 Å². The highest BCUT2D eigenvalue weighted by atomic mass is 16.3. The molecule has 1 aliphatic heterocycles. The van der Waals surface area contributed by atoms with Crippen LogP contribution in [0.1, 0.15) is 24.5 Å². The van der Waals surface area contributed by atoms with Crippen molar-refractivity contribution in [1.29, 1.82) is 0 Å². The lowest BCUT2D eigenvalue weighted by Gasteiger charge is -2.21. The van der Waals surface area contributed by atoms with E-state index in [9.17, 15) is 0 Å². The number of nitrogens with zero attached hydrogens (tertiary/aromatic N) is 2. The van der Waals surface area contributed by atoms with Crippen molar-refractivity contribution in [3.63, 3.8) is 0 Å². The second kappa shape index (κ2) is 4.67. The molecular weight excluding hydrogens is 214 g/mol. The Morgan fingerprint density at radius 2 is 2.06 bits per heavy atom. The van der Waals surface area contributed by atoms with Gasteiger partial charge in [0.2, 0.25) is 0 Å². The summed E-state index contributed by atoms with van der Waals surface area (Å²) in [7, 11) is 0. The van der Waals surface area contributed by atoms with Crippen molar-refractivity contribution >= 4 is 0 Å². The Morgan fingerprint density at radius 1 is 1.18 bits per heavy atom. The van der Waals surface area contributed by atoms with Gasteiger partial charge >= 0.3 is 0 Å². The monoisotopic (exact) mass is 229 g/mol. The van der Waals surface area contributed by atoms with E-state index >= 15 is 0 Å². The Hall–Kier alpha value is -1.68. The molecule has 2 aromatic heterocycles. The summed E-state index contributed by atoms with van der Waals surface area (Å²) in [5, 5.41) is 3.36. The molecule has 0 radical (unpaired) electrons. The van der Waals surface area contributed by atoms with E-state index < -0.39 is 0 Å². The minimum absolute atomic E-state index is 0.493. The first-order chi connectivity index (χ1) is 8.45. The van der Waals surface area contributed by atoms with Crippen LogP contribution in [0.4, 0.5) is 0 Å². The maximum atomic E-state index is 5.51. The van der Waals surface area contributed by atoms with Crippen molar-refractivity contribution in [3.05, 3.63) is 36.5 Å². The fraction of sp³-hybridized carbons (Fsp3) is 0.385. The molecule has 0 saturated carbocycles. The van der Waals surface area contributed by atoms with Gasteiger partial charge < -0.3 is 9.73 Å². The van der Waals surface area contributed by atoms with Crippen LogP contribution < -0.4 is 5.32 Å². The van der Waals surface area contributed by atoms with Crippen LogP contribution in [0.5, 0.6) is 0 Å². The van der Waals surface area contributed by atoms with Crippen LogP contribution in [0.3, 0.4) is 0 Å². The summed E-state index contributed by atoms with van der Waals surface area (Å²) in [6, 6.07) is 5.84. The lowest BCUT2D eigenvalue weighted by molar-refractivity contribution is 0.453. The van der Waals surface area contributed by atoms with E-state index in [1.807, 2.05) is 18.2 Å². The average molecular weight is 229 g/mol. The third-order valence-corrected chi connectivity index (χ3v) is 3.22. The molecule has 4 nitrogen and oxygen atoms in total. The van der Waals surface area contributed by atoms with E-state index in [2.05, 4.69) is 15.3 Å². The lowest BCUT2D eigenvalue weighted by atomic mass is 9.93. The van der Waals surface area contributed by atoms with Crippen LogP contribution in [0, 0.1) is 0 Å². The van der Waals surface area contributed by atoms with Crippen LogP contribution in [-0.4, -0.2) is 23.1 Å². The second-order valence-electron chi connectivity index (χ2n) is 4.31. The van der Waals surface area contributed by atoms with Gasteiger partial charge in [-0.25, -0.2) is 4.98 Å². The number of pyridine rings is 1. The fourth-order valence-corrected chi connectivity index (χ4v) is 2.33. The highest BCUT2D eigenvalue weighted by Crippen LogP contribution is 2.31. The van der Waals surface area contributed by atoms with Crippen LogP contribution in [0.25, 0.3) is 11.5 Å². The van der Waals surface area contributed by atoms with Crippen LogP contribution >= 0.6 is 0 Å². The Bertz CT molecular complexity index is 474. The molecule has 4 heteroatoms. The minimum atomic E-state index is 0.493. The third kappa shape index (κ3) is 2.08. The maximum absolute atomic E-state index is 5.51. The zero-order chi connectivity index (χ0) is 11.5. The summed E-state index contributed by atoms with van der Waals surface area (Å²) in [4.78, 5) is 8.71. The smallest absolute Gasteiger partial charge is 0.181 e. The van der Waals surface area contributed by atoms with E-state index in [-0.39, 0.29) is 0 Å². The first-order valence-corrected chi connectivity index (χ1v) is 6.00. The van der Waals surface area contributed by atoms with Gasteiger partial charge in [0.25, 0.3) is 0 Å². The Morgan fingerprint density at radius 3 is 2.82 bits per heavy atom. The maximum Gasteiger partial charge on any atom is 0.181 e. The molecule has 1 aliphatic rings. The highest BCUT2D eigenvalue weighted by Gasteiger charge is 2.23. The predicted octanol–water partition coefficient (Wildman–Crippen LogP) is 2.20. The van der Waals surface area contributed by atoms with Gasteiger partial charge in [0.1, 0.15) is 5.69 Å². The SMILES string of the molecule is c1ccc(-c2ocnc2C2CCNCC2)nc1. The van der Waals surface area contributed by atoms with E-state index in [0.717, 1.165) is 43.1 Å². The Balaban J connectivity index is 1.93. The van der Waals surface area contributed by atoms with Crippen molar-refractivity contribution < 1.29 is 4.42 Å². The summed E-state index contributed by atoms with van der Waals surface area (Å²) >= 11 is 0. The molecule has 0 aliphatic carbocycles. The number of nitrogens with one attached hydrogen (secondary N) is 1. The predicted molar refractivity (Wildman–Crippen MR) is 64.6 cm³/mol. The van der Waals surface area contributed by atoms with E-state index in [1.165, 1.54) is 6.39 Å². The second-order valence-corrected chi connectivity index (χ2v) is 4.31. The molecule has 3 heterocycles. The minimum Gasteiger partial charge on any atom is -0.442 e. The Kier molecular flexibility index (Phi) is 2.88. The number of hydrogen-bond donors (Lipinski definition) is 1. The third-order valence-electron chi connectivity index (χ3n) is 3.22. The van der Waals surface area contributed by atoms with Crippen molar-refractivity contribution in [2.24, 2.45) is 0 Å². The van der Waals surface area contributed by atoms with Gasteiger partial charge in [-0.1, -0.05) is 6.07 Å². The van der Waals surface area contributed by atoms with Crippen LogP contribution in [0.15, 0.2) is 35.2 Å². The molecule has 88 valence electrons. The Labute approximate surface area is 100 Å². The first-order valence-electron chi connectivity index (χ1n) is 6.00. The molecule has 0 unspecified atom stereocenters. The topological polar surface area (TPSA) is 51.0 Å². The van der Waals surface area contributed by atoms with E-state index in [1.54, 1.807) is 6.20 Å². The number of piperidine rings is 1. The molecule has 0 spiro atoms. The number of rotatable bonds is 2. The average Bonchev–Trinajstić information content (AvgIpc) is 2.90. The van der Waals surface area contributed by atoms with Crippen LogP contribution in [0.2, 0.25) is 0 Å². The first kappa shape index (κ1) is 10.5. The largest absolute Gasteiger partial charge is 0.442 e. The zero-order valence-electron chi connectivity index (χ0n) is 9.60. The molecule has 0 aromatic carbocycles. The molecule has 0 bridgehead atoms. The molecule has 0 atom stereocenters. The molecule has 1 fully saturated rings. The molecular formula is C13H15N3O. The van der Waals surface area contributed by atoms with Crippen molar-refractivity contribution in [2.45, 2.75) is 18.8 Å². The fourth-order valence-electron chi connectivity index (χ4n) is 2.33. The van der Waals surface area contributed by atoms with Gasteiger partial charge in [-0.15, -0.1) is 0 Å². The normalized spacial score (nSPS) is 17.2. The molecule has 1 saturated heterocycles. The molecule has 1 N–H and O–H groups in total. The van der Waals surface area contributed by atoms with E-state index in [0.29, 0.717) is 5.92 Å². The summed E-state index contributed by atoms with van der Waals surface area (Å²) in [5.41, 5.74) is 1.93. The zero-order valence-corrected chi connectivity index (χ0v) is 9.60. The molecule has 2 aromatic rings. The van der Waals surface area contributed by atoms with Crippen LogP contribution in [-0.2, 0) is 0 Å². The van der Waals surface area contributed by atoms with Gasteiger partial charge in [0, 0.05) is 12.1 Å². The standard InChI is InChI=1S/C13H15N3O/c1-2-6-15-11(3-1)13-12(16-9-17-13)10-4-7-14-8-5-10/h1-3,6,9-10,14H,4-5,7-8H2. The lowest BCUT2D eigenvalue weighted by Crippen LogP contribution is -2.27. The van der Waals surface area contributed by atoms with E-state index in [4.69, 9.17) is 4.42 Å². The van der Waals surface area contributed by atoms with Gasteiger partial charge in [-0.3, -0.25) is 4.98 Å². The molecule has 0 amide bonds. The van der Waals surface area contributed by atoms with Gasteiger partial charge in [0.05, 0.1) is 5.69 Å². The summed E-state index contributed by atoms with van der Waals surface area (Å²) in [6.07, 6.45) is 5.55. The summed E-state index contributed by atoms with van der Waals surface area (Å²) < 4.78 is 5.51. The summed E-state index contributed by atoms with van der Waals surface area (Å²) in [6.45, 7) is 2.11. The van der Waals surface area contributed by atoms with Gasteiger partial charge in [-0.05, 0) is 38.1 Å². The van der Waals surface area contributed by atoms with Crippen molar-refractivity contribution in [1.82, 2.24) is 15.3 Å². The number of oxazole rings is 1. The number of aromatic nitrogens is 2. The molecule has 3 rings (SSSR count). The van der Waals surface area contributed by atoms with Gasteiger partial charge in [-0.2, -0.15) is 0 Å².